The van der Waals surface area contributed by atoms with E-state index < -0.39 is 0 Å². The highest BCUT2D eigenvalue weighted by Crippen LogP contribution is 2.35. The molecule has 0 aromatic carbocycles. The van der Waals surface area contributed by atoms with Crippen LogP contribution in [0.15, 0.2) is 0 Å². The van der Waals surface area contributed by atoms with Crippen molar-refractivity contribution in [2.75, 3.05) is 26.7 Å². The zero-order valence-electron chi connectivity index (χ0n) is 10.4. The van der Waals surface area contributed by atoms with Crippen molar-refractivity contribution in [1.29, 1.82) is 0 Å². The predicted octanol–water partition coefficient (Wildman–Crippen LogP) is 2.47. The molecule has 1 aliphatic heterocycles. The minimum atomic E-state index is 0.379. The molecule has 2 fully saturated rings. The molecule has 0 bridgehead atoms. The number of rotatable bonds is 6. The second-order valence-corrected chi connectivity index (χ2v) is 6.04. The molecular formula is C13H25ClN2. The molecule has 2 aliphatic rings. The van der Waals surface area contributed by atoms with Crippen molar-refractivity contribution in [3.63, 3.8) is 0 Å². The summed E-state index contributed by atoms with van der Waals surface area (Å²) in [6, 6.07) is 0.802. The molecule has 0 radical (unpaired) electrons. The van der Waals surface area contributed by atoms with Crippen LogP contribution >= 0.6 is 11.6 Å². The number of nitrogens with zero attached hydrogens (tertiary/aromatic N) is 1. The summed E-state index contributed by atoms with van der Waals surface area (Å²) in [4.78, 5) is 2.52. The number of halogens is 1. The maximum Gasteiger partial charge on any atom is 0.0488 e. The Hall–Kier alpha value is 0.210. The van der Waals surface area contributed by atoms with Crippen molar-refractivity contribution in [2.24, 2.45) is 5.92 Å². The van der Waals surface area contributed by atoms with Gasteiger partial charge in [0, 0.05) is 18.0 Å². The van der Waals surface area contributed by atoms with E-state index in [0.717, 1.165) is 25.0 Å². The summed E-state index contributed by atoms with van der Waals surface area (Å²) in [5.74, 6) is 0.812. The second-order valence-electron chi connectivity index (χ2n) is 5.48. The Morgan fingerprint density at radius 1 is 1.31 bits per heavy atom. The number of hydrogen-bond acceptors (Lipinski definition) is 2. The first-order valence-corrected chi connectivity index (χ1v) is 7.26. The van der Waals surface area contributed by atoms with E-state index >= 15 is 0 Å². The quantitative estimate of drug-likeness (QED) is 0.571. The monoisotopic (exact) mass is 244 g/mol. The molecule has 0 spiro atoms. The molecule has 2 nitrogen and oxygen atoms in total. The van der Waals surface area contributed by atoms with Crippen LogP contribution in [0, 0.1) is 5.92 Å². The Labute approximate surface area is 105 Å². The normalized spacial score (nSPS) is 29.2. The van der Waals surface area contributed by atoms with E-state index in [4.69, 9.17) is 11.6 Å². The van der Waals surface area contributed by atoms with Crippen LogP contribution in [0.3, 0.4) is 0 Å². The third kappa shape index (κ3) is 3.90. The maximum absolute atomic E-state index is 6.26. The first-order valence-electron chi connectivity index (χ1n) is 6.82. The van der Waals surface area contributed by atoms with Gasteiger partial charge >= 0.3 is 0 Å². The van der Waals surface area contributed by atoms with Crippen LogP contribution in [0.5, 0.6) is 0 Å². The van der Waals surface area contributed by atoms with Gasteiger partial charge in [-0.1, -0.05) is 6.42 Å². The number of nitrogens with one attached hydrogen (secondary N) is 1. The van der Waals surface area contributed by atoms with Crippen molar-refractivity contribution in [3.05, 3.63) is 0 Å². The van der Waals surface area contributed by atoms with Crippen molar-refractivity contribution in [2.45, 2.75) is 49.9 Å². The highest BCUT2D eigenvalue weighted by molar-refractivity contribution is 6.21. The standard InChI is InChI=1S/C13H25ClN2/c1-16-9-3-2-4-12(16)7-8-15-10-13(14)11-5-6-11/h11-13,15H,2-10H2,1H3. The van der Waals surface area contributed by atoms with Crippen molar-refractivity contribution in [1.82, 2.24) is 10.2 Å². The Bertz CT molecular complexity index is 206. The molecule has 3 heteroatoms. The summed E-state index contributed by atoms with van der Waals surface area (Å²) in [5, 5.41) is 3.89. The van der Waals surface area contributed by atoms with Crippen LogP contribution < -0.4 is 5.32 Å². The van der Waals surface area contributed by atoms with Gasteiger partial charge in [-0.3, -0.25) is 0 Å². The fourth-order valence-electron chi connectivity index (χ4n) is 2.64. The van der Waals surface area contributed by atoms with E-state index in [2.05, 4.69) is 17.3 Å². The van der Waals surface area contributed by atoms with Gasteiger partial charge in [-0.25, -0.2) is 0 Å². The van der Waals surface area contributed by atoms with Crippen LogP contribution in [0.2, 0.25) is 0 Å². The lowest BCUT2D eigenvalue weighted by molar-refractivity contribution is 0.175. The molecule has 94 valence electrons. The molecule has 0 aromatic heterocycles. The molecule has 2 unspecified atom stereocenters. The molecule has 1 heterocycles. The molecule has 0 amide bonds. The topological polar surface area (TPSA) is 15.3 Å². The molecule has 2 rings (SSSR count). The molecule has 1 N–H and O–H groups in total. The molecule has 2 atom stereocenters. The van der Waals surface area contributed by atoms with Gasteiger partial charge in [-0.2, -0.15) is 0 Å². The Morgan fingerprint density at radius 2 is 2.12 bits per heavy atom. The van der Waals surface area contributed by atoms with Crippen molar-refractivity contribution >= 4 is 11.6 Å². The van der Waals surface area contributed by atoms with E-state index in [0.29, 0.717) is 5.38 Å². The largest absolute Gasteiger partial charge is 0.315 e. The first-order chi connectivity index (χ1) is 7.77. The van der Waals surface area contributed by atoms with Crippen LogP contribution in [-0.2, 0) is 0 Å². The van der Waals surface area contributed by atoms with Crippen LogP contribution in [0.25, 0.3) is 0 Å². The molecule has 0 aromatic rings. The second kappa shape index (κ2) is 6.23. The first kappa shape index (κ1) is 12.7. The minimum Gasteiger partial charge on any atom is -0.315 e. The molecule has 16 heavy (non-hydrogen) atoms. The lowest BCUT2D eigenvalue weighted by Gasteiger charge is -2.32. The number of hydrogen-bond donors (Lipinski definition) is 1. The maximum atomic E-state index is 6.26. The zero-order chi connectivity index (χ0) is 11.4. The van der Waals surface area contributed by atoms with Gasteiger partial charge in [0.25, 0.3) is 0 Å². The average molecular weight is 245 g/mol. The summed E-state index contributed by atoms with van der Waals surface area (Å²) in [7, 11) is 2.26. The molecule has 1 saturated carbocycles. The molecule has 1 aliphatic carbocycles. The van der Waals surface area contributed by atoms with Crippen LogP contribution in [0.4, 0.5) is 0 Å². The summed E-state index contributed by atoms with van der Waals surface area (Å²) in [6.07, 6.45) is 8.15. The van der Waals surface area contributed by atoms with E-state index in [1.165, 1.54) is 45.1 Å². The van der Waals surface area contributed by atoms with Gasteiger partial charge in [0.1, 0.15) is 0 Å². The SMILES string of the molecule is CN1CCCCC1CCNCC(Cl)C1CC1. The van der Waals surface area contributed by atoms with Gasteiger partial charge in [-0.15, -0.1) is 11.6 Å². The summed E-state index contributed by atoms with van der Waals surface area (Å²) in [5.41, 5.74) is 0. The third-order valence-electron chi connectivity index (χ3n) is 4.05. The smallest absolute Gasteiger partial charge is 0.0488 e. The van der Waals surface area contributed by atoms with Crippen LogP contribution in [0.1, 0.15) is 38.5 Å². The summed E-state index contributed by atoms with van der Waals surface area (Å²) >= 11 is 6.26. The van der Waals surface area contributed by atoms with E-state index in [1.807, 2.05) is 0 Å². The Kier molecular flexibility index (Phi) is 4.93. The number of piperidine rings is 1. The predicted molar refractivity (Wildman–Crippen MR) is 70.1 cm³/mol. The minimum absolute atomic E-state index is 0.379. The van der Waals surface area contributed by atoms with Crippen LogP contribution in [-0.4, -0.2) is 43.0 Å². The average Bonchev–Trinajstić information content (AvgIpc) is 3.10. The Balaban J connectivity index is 1.52. The zero-order valence-corrected chi connectivity index (χ0v) is 11.2. The van der Waals surface area contributed by atoms with E-state index in [1.54, 1.807) is 0 Å². The lowest BCUT2D eigenvalue weighted by Crippen LogP contribution is -2.38. The molecule has 1 saturated heterocycles. The Morgan fingerprint density at radius 3 is 2.81 bits per heavy atom. The van der Waals surface area contributed by atoms with Crippen molar-refractivity contribution < 1.29 is 0 Å². The third-order valence-corrected chi connectivity index (χ3v) is 4.56. The number of alkyl halides is 1. The summed E-state index contributed by atoms with van der Waals surface area (Å²) in [6.45, 7) is 3.42. The highest BCUT2D eigenvalue weighted by Gasteiger charge is 2.29. The fraction of sp³-hybridized carbons (Fsp3) is 1.00. The van der Waals surface area contributed by atoms with Gasteiger partial charge in [0.05, 0.1) is 0 Å². The highest BCUT2D eigenvalue weighted by atomic mass is 35.5. The van der Waals surface area contributed by atoms with Gasteiger partial charge in [0.2, 0.25) is 0 Å². The van der Waals surface area contributed by atoms with E-state index in [-0.39, 0.29) is 0 Å². The molecular weight excluding hydrogens is 220 g/mol. The van der Waals surface area contributed by atoms with Crippen molar-refractivity contribution in [3.8, 4) is 0 Å². The van der Waals surface area contributed by atoms with E-state index in [9.17, 15) is 0 Å². The number of likely N-dealkylation sites (tertiary alicyclic amines) is 1. The lowest BCUT2D eigenvalue weighted by atomic mass is 10.0. The van der Waals surface area contributed by atoms with Gasteiger partial charge < -0.3 is 10.2 Å². The summed E-state index contributed by atoms with van der Waals surface area (Å²) < 4.78 is 0. The fourth-order valence-corrected chi connectivity index (χ4v) is 3.00. The van der Waals surface area contributed by atoms with Gasteiger partial charge in [-0.05, 0) is 58.2 Å². The van der Waals surface area contributed by atoms with Gasteiger partial charge in [0.15, 0.2) is 0 Å².